The molecule has 92 valence electrons. The van der Waals surface area contributed by atoms with Gasteiger partial charge in [0, 0.05) is 6.04 Å². The predicted molar refractivity (Wildman–Crippen MR) is 65.8 cm³/mol. The number of aromatic nitrogens is 2. The monoisotopic (exact) mass is 252 g/mol. The fourth-order valence-corrected chi connectivity index (χ4v) is 2.20. The molecule has 0 aliphatic rings. The van der Waals surface area contributed by atoms with Gasteiger partial charge < -0.3 is 4.90 Å². The summed E-state index contributed by atoms with van der Waals surface area (Å²) < 4.78 is 3.83. The van der Waals surface area contributed by atoms with Crippen LogP contribution in [0.15, 0.2) is 0 Å². The lowest BCUT2D eigenvalue weighted by atomic mass is 10.1. The lowest BCUT2D eigenvalue weighted by Crippen LogP contribution is -2.37. The van der Waals surface area contributed by atoms with Crippen molar-refractivity contribution in [2.24, 2.45) is 0 Å². The number of carbonyl (C=O) groups is 1. The number of amides is 1. The van der Waals surface area contributed by atoms with Gasteiger partial charge in [0.05, 0.1) is 11.8 Å². The first-order valence-corrected chi connectivity index (χ1v) is 6.26. The van der Waals surface area contributed by atoms with E-state index in [9.17, 15) is 4.79 Å². The Kier molecular flexibility index (Phi) is 4.58. The minimum Gasteiger partial charge on any atom is -0.322 e. The first-order valence-electron chi connectivity index (χ1n) is 5.49. The van der Waals surface area contributed by atoms with E-state index in [1.807, 2.05) is 33.8 Å². The predicted octanol–water partition coefficient (Wildman–Crippen LogP) is 2.04. The Morgan fingerprint density at radius 2 is 2.12 bits per heavy atom. The molecule has 1 rings (SSSR count). The summed E-state index contributed by atoms with van der Waals surface area (Å²) in [5.41, 5.74) is 0.712. The van der Waals surface area contributed by atoms with Gasteiger partial charge in [0.15, 0.2) is 0 Å². The van der Waals surface area contributed by atoms with Crippen LogP contribution in [0, 0.1) is 11.3 Å². The zero-order chi connectivity index (χ0) is 13.0. The molecule has 6 heteroatoms. The molecule has 0 saturated carbocycles. The Hall–Kier alpha value is -1.48. The Labute approximate surface area is 105 Å². The van der Waals surface area contributed by atoms with Gasteiger partial charge in [-0.1, -0.05) is 18.3 Å². The minimum atomic E-state index is -0.153. The molecule has 1 aromatic heterocycles. The molecule has 0 bridgehead atoms. The highest BCUT2D eigenvalue weighted by atomic mass is 32.1. The SMILES string of the molecule is CC(C)c1nnsc1C(=O)N(CC#N)C(C)C. The largest absolute Gasteiger partial charge is 0.322 e. The van der Waals surface area contributed by atoms with Crippen molar-refractivity contribution in [3.8, 4) is 6.07 Å². The van der Waals surface area contributed by atoms with E-state index in [1.165, 1.54) is 4.90 Å². The lowest BCUT2D eigenvalue weighted by molar-refractivity contribution is 0.0734. The molecule has 0 fully saturated rings. The molecule has 0 spiro atoms. The topological polar surface area (TPSA) is 69.9 Å². The average Bonchev–Trinajstić information content (AvgIpc) is 2.73. The smallest absolute Gasteiger partial charge is 0.268 e. The van der Waals surface area contributed by atoms with Crippen LogP contribution in [0.4, 0.5) is 0 Å². The summed E-state index contributed by atoms with van der Waals surface area (Å²) in [6.07, 6.45) is 0. The summed E-state index contributed by atoms with van der Waals surface area (Å²) in [7, 11) is 0. The molecule has 0 aromatic carbocycles. The van der Waals surface area contributed by atoms with E-state index in [4.69, 9.17) is 5.26 Å². The van der Waals surface area contributed by atoms with Crippen LogP contribution in [0.1, 0.15) is 49.0 Å². The molecular weight excluding hydrogens is 236 g/mol. The van der Waals surface area contributed by atoms with E-state index in [0.717, 1.165) is 11.5 Å². The van der Waals surface area contributed by atoms with Crippen LogP contribution in [0.5, 0.6) is 0 Å². The molecule has 0 unspecified atom stereocenters. The molecule has 1 heterocycles. The first-order chi connectivity index (χ1) is 7.99. The maximum atomic E-state index is 12.3. The van der Waals surface area contributed by atoms with Gasteiger partial charge in [0.1, 0.15) is 11.4 Å². The van der Waals surface area contributed by atoms with Crippen LogP contribution in [0.3, 0.4) is 0 Å². The van der Waals surface area contributed by atoms with Crippen LogP contribution in [-0.2, 0) is 0 Å². The third kappa shape index (κ3) is 3.01. The van der Waals surface area contributed by atoms with Gasteiger partial charge in [-0.25, -0.2) is 0 Å². The summed E-state index contributed by atoms with van der Waals surface area (Å²) in [6, 6.07) is 2.00. The summed E-state index contributed by atoms with van der Waals surface area (Å²) in [5.74, 6) is 0.00375. The van der Waals surface area contributed by atoms with Gasteiger partial charge in [0.2, 0.25) is 0 Å². The molecule has 1 amide bonds. The van der Waals surface area contributed by atoms with Gasteiger partial charge >= 0.3 is 0 Å². The maximum Gasteiger partial charge on any atom is 0.268 e. The Morgan fingerprint density at radius 3 is 2.59 bits per heavy atom. The molecule has 1 aromatic rings. The van der Waals surface area contributed by atoms with Crippen molar-refractivity contribution in [2.45, 2.75) is 39.7 Å². The molecule has 0 saturated heterocycles. The fraction of sp³-hybridized carbons (Fsp3) is 0.636. The second kappa shape index (κ2) is 5.73. The van der Waals surface area contributed by atoms with Crippen LogP contribution in [-0.4, -0.2) is 33.0 Å². The first kappa shape index (κ1) is 13.6. The van der Waals surface area contributed by atoms with Crippen LogP contribution in [0.25, 0.3) is 0 Å². The molecule has 0 aliphatic heterocycles. The van der Waals surface area contributed by atoms with Gasteiger partial charge in [-0.05, 0) is 31.3 Å². The van der Waals surface area contributed by atoms with E-state index in [0.29, 0.717) is 10.6 Å². The quantitative estimate of drug-likeness (QED) is 0.769. The lowest BCUT2D eigenvalue weighted by Gasteiger charge is -2.23. The number of nitriles is 1. The zero-order valence-corrected chi connectivity index (χ0v) is 11.3. The number of nitrogens with zero attached hydrogens (tertiary/aromatic N) is 4. The minimum absolute atomic E-state index is 0.00994. The third-order valence-corrected chi connectivity index (χ3v) is 3.11. The normalized spacial score (nSPS) is 10.6. The van der Waals surface area contributed by atoms with E-state index in [-0.39, 0.29) is 24.4 Å². The molecule has 0 N–H and O–H groups in total. The third-order valence-electron chi connectivity index (χ3n) is 2.38. The number of hydrogen-bond donors (Lipinski definition) is 0. The van der Waals surface area contributed by atoms with Gasteiger partial charge in [-0.3, -0.25) is 4.79 Å². The maximum absolute atomic E-state index is 12.3. The molecule has 0 atom stereocenters. The summed E-state index contributed by atoms with van der Waals surface area (Å²) in [6.45, 7) is 7.80. The standard InChI is InChI=1S/C11H16N4OS/c1-7(2)9-10(17-14-13-9)11(16)15(6-5-12)8(3)4/h7-8H,6H2,1-4H3. The Bertz CT molecular complexity index is 433. The van der Waals surface area contributed by atoms with Crippen molar-refractivity contribution in [3.63, 3.8) is 0 Å². The van der Waals surface area contributed by atoms with Crippen molar-refractivity contribution < 1.29 is 4.79 Å². The summed E-state index contributed by atoms with van der Waals surface area (Å²) in [4.78, 5) is 14.3. The van der Waals surface area contributed by atoms with E-state index < -0.39 is 0 Å². The molecule has 0 aliphatic carbocycles. The highest BCUT2D eigenvalue weighted by Gasteiger charge is 2.25. The van der Waals surface area contributed by atoms with Crippen molar-refractivity contribution in [1.29, 1.82) is 5.26 Å². The van der Waals surface area contributed by atoms with Crippen molar-refractivity contribution in [2.75, 3.05) is 6.54 Å². The Balaban J connectivity index is 3.02. The van der Waals surface area contributed by atoms with E-state index >= 15 is 0 Å². The second-order valence-electron chi connectivity index (χ2n) is 4.33. The molecular formula is C11H16N4OS. The van der Waals surface area contributed by atoms with Crippen LogP contribution >= 0.6 is 11.5 Å². The van der Waals surface area contributed by atoms with Gasteiger partial charge in [-0.2, -0.15) is 5.26 Å². The highest BCUT2D eigenvalue weighted by Crippen LogP contribution is 2.22. The molecule has 0 radical (unpaired) electrons. The second-order valence-corrected chi connectivity index (χ2v) is 5.08. The van der Waals surface area contributed by atoms with Gasteiger partial charge in [-0.15, -0.1) is 5.10 Å². The van der Waals surface area contributed by atoms with Crippen LogP contribution in [0.2, 0.25) is 0 Å². The van der Waals surface area contributed by atoms with Crippen molar-refractivity contribution in [1.82, 2.24) is 14.5 Å². The van der Waals surface area contributed by atoms with E-state index in [1.54, 1.807) is 0 Å². The molecule has 17 heavy (non-hydrogen) atoms. The van der Waals surface area contributed by atoms with Crippen molar-refractivity contribution >= 4 is 17.4 Å². The Morgan fingerprint density at radius 1 is 1.47 bits per heavy atom. The number of carbonyl (C=O) groups excluding carboxylic acids is 1. The van der Waals surface area contributed by atoms with Crippen molar-refractivity contribution in [3.05, 3.63) is 10.6 Å². The summed E-state index contributed by atoms with van der Waals surface area (Å²) in [5, 5.41) is 12.7. The van der Waals surface area contributed by atoms with E-state index in [2.05, 4.69) is 9.59 Å². The average molecular weight is 252 g/mol. The fourth-order valence-electron chi connectivity index (χ4n) is 1.42. The number of hydrogen-bond acceptors (Lipinski definition) is 5. The summed E-state index contributed by atoms with van der Waals surface area (Å²) >= 11 is 1.10. The highest BCUT2D eigenvalue weighted by molar-refractivity contribution is 7.08. The zero-order valence-electron chi connectivity index (χ0n) is 10.5. The van der Waals surface area contributed by atoms with Gasteiger partial charge in [0.25, 0.3) is 5.91 Å². The number of rotatable bonds is 4. The van der Waals surface area contributed by atoms with Crippen LogP contribution < -0.4 is 0 Å². The molecule has 5 nitrogen and oxygen atoms in total.